The van der Waals surface area contributed by atoms with Gasteiger partial charge in [-0.25, -0.2) is 0 Å². The third-order valence-electron chi connectivity index (χ3n) is 3.33. The molecule has 114 valence electrons. The van der Waals surface area contributed by atoms with Gasteiger partial charge in [0.15, 0.2) is 0 Å². The Labute approximate surface area is 124 Å². The second kappa shape index (κ2) is 6.24. The van der Waals surface area contributed by atoms with Crippen molar-refractivity contribution in [3.8, 4) is 0 Å². The molecule has 0 aliphatic carbocycles. The number of nitrogens with one attached hydrogen (secondary N) is 2. The highest BCUT2D eigenvalue weighted by Gasteiger charge is 2.38. The molecule has 0 radical (unpaired) electrons. The minimum Gasteiger partial charge on any atom is -0.379 e. The van der Waals surface area contributed by atoms with Crippen LogP contribution in [-0.2, 0) is 9.53 Å². The lowest BCUT2D eigenvalue weighted by molar-refractivity contribution is -0.121. The number of hydrogen-bond donors (Lipinski definition) is 3. The smallest absolute Gasteiger partial charge is 0.251 e. The lowest BCUT2D eigenvalue weighted by atomic mass is 9.99. The first kappa shape index (κ1) is 15.5. The standard InChI is InChI=1S/C15H21N3O3/c1-10(2)17-13(19)11-3-5-12(6-4-11)18-14(20)15(16)7-8-21-9-15/h3-6,10H,7-9,16H2,1-2H3,(H,17,19)(H,18,20). The number of amides is 2. The molecule has 1 unspecified atom stereocenters. The summed E-state index contributed by atoms with van der Waals surface area (Å²) in [7, 11) is 0. The molecule has 1 aliphatic heterocycles. The maximum atomic E-state index is 12.1. The Bertz CT molecular complexity index is 519. The van der Waals surface area contributed by atoms with Crippen molar-refractivity contribution in [2.24, 2.45) is 5.73 Å². The SMILES string of the molecule is CC(C)NC(=O)c1ccc(NC(=O)C2(N)CCOC2)cc1. The van der Waals surface area contributed by atoms with Crippen molar-refractivity contribution in [1.82, 2.24) is 5.32 Å². The molecule has 2 rings (SSSR count). The summed E-state index contributed by atoms with van der Waals surface area (Å²) in [5.41, 5.74) is 6.18. The van der Waals surface area contributed by atoms with Crippen LogP contribution in [0.2, 0.25) is 0 Å². The van der Waals surface area contributed by atoms with Crippen LogP contribution in [0.25, 0.3) is 0 Å². The van der Waals surface area contributed by atoms with Crippen molar-refractivity contribution in [3.63, 3.8) is 0 Å². The highest BCUT2D eigenvalue weighted by Crippen LogP contribution is 2.18. The zero-order chi connectivity index (χ0) is 15.5. The number of carbonyl (C=O) groups is 2. The molecule has 1 heterocycles. The summed E-state index contributed by atoms with van der Waals surface area (Å²) < 4.78 is 5.17. The summed E-state index contributed by atoms with van der Waals surface area (Å²) in [4.78, 5) is 23.9. The first-order chi connectivity index (χ1) is 9.90. The van der Waals surface area contributed by atoms with Crippen LogP contribution >= 0.6 is 0 Å². The van der Waals surface area contributed by atoms with Crippen LogP contribution in [0.4, 0.5) is 5.69 Å². The van der Waals surface area contributed by atoms with Gasteiger partial charge in [0.2, 0.25) is 5.91 Å². The maximum Gasteiger partial charge on any atom is 0.251 e. The van der Waals surface area contributed by atoms with Gasteiger partial charge in [0.25, 0.3) is 5.91 Å². The molecule has 1 aliphatic rings. The Kier molecular flexibility index (Phi) is 4.59. The third-order valence-corrected chi connectivity index (χ3v) is 3.33. The minimum absolute atomic E-state index is 0.0799. The quantitative estimate of drug-likeness (QED) is 0.767. The lowest BCUT2D eigenvalue weighted by Gasteiger charge is -2.20. The van der Waals surface area contributed by atoms with E-state index in [1.54, 1.807) is 24.3 Å². The monoisotopic (exact) mass is 291 g/mol. The van der Waals surface area contributed by atoms with Crippen LogP contribution in [0.15, 0.2) is 24.3 Å². The molecule has 1 saturated heterocycles. The molecule has 6 nitrogen and oxygen atoms in total. The van der Waals surface area contributed by atoms with Gasteiger partial charge < -0.3 is 21.1 Å². The van der Waals surface area contributed by atoms with E-state index in [-0.39, 0.29) is 24.5 Å². The van der Waals surface area contributed by atoms with Crippen molar-refractivity contribution < 1.29 is 14.3 Å². The Morgan fingerprint density at radius 3 is 2.48 bits per heavy atom. The number of ether oxygens (including phenoxy) is 1. The maximum absolute atomic E-state index is 12.1. The fourth-order valence-electron chi connectivity index (χ4n) is 2.07. The van der Waals surface area contributed by atoms with Gasteiger partial charge in [-0.2, -0.15) is 0 Å². The minimum atomic E-state index is -0.965. The van der Waals surface area contributed by atoms with Crippen molar-refractivity contribution in [2.45, 2.75) is 31.8 Å². The molecule has 0 aromatic heterocycles. The van der Waals surface area contributed by atoms with Gasteiger partial charge >= 0.3 is 0 Å². The normalized spacial score (nSPS) is 21.3. The molecule has 0 spiro atoms. The Morgan fingerprint density at radius 1 is 1.29 bits per heavy atom. The average Bonchev–Trinajstić information content (AvgIpc) is 2.87. The van der Waals surface area contributed by atoms with Crippen molar-refractivity contribution >= 4 is 17.5 Å². The first-order valence-electron chi connectivity index (χ1n) is 7.00. The van der Waals surface area contributed by atoms with Gasteiger partial charge in [0.1, 0.15) is 5.54 Å². The predicted octanol–water partition coefficient (Wildman–Crippen LogP) is 0.881. The van der Waals surface area contributed by atoms with Crippen LogP contribution in [-0.4, -0.2) is 36.6 Å². The van der Waals surface area contributed by atoms with Crippen LogP contribution in [0.5, 0.6) is 0 Å². The molecule has 0 bridgehead atoms. The summed E-state index contributed by atoms with van der Waals surface area (Å²) in [5.74, 6) is -0.401. The molecular weight excluding hydrogens is 270 g/mol. The van der Waals surface area contributed by atoms with Gasteiger partial charge in [-0.1, -0.05) is 0 Å². The van der Waals surface area contributed by atoms with Crippen molar-refractivity contribution in [3.05, 3.63) is 29.8 Å². The molecule has 21 heavy (non-hydrogen) atoms. The second-order valence-electron chi connectivity index (χ2n) is 5.62. The summed E-state index contributed by atoms with van der Waals surface area (Å²) >= 11 is 0. The van der Waals surface area contributed by atoms with E-state index in [0.29, 0.717) is 24.3 Å². The zero-order valence-corrected chi connectivity index (χ0v) is 12.3. The van der Waals surface area contributed by atoms with Gasteiger partial charge in [0, 0.05) is 23.9 Å². The van der Waals surface area contributed by atoms with Crippen LogP contribution in [0.1, 0.15) is 30.6 Å². The zero-order valence-electron chi connectivity index (χ0n) is 12.3. The van der Waals surface area contributed by atoms with E-state index in [2.05, 4.69) is 10.6 Å². The second-order valence-corrected chi connectivity index (χ2v) is 5.62. The molecular formula is C15H21N3O3. The number of rotatable bonds is 4. The number of benzene rings is 1. The predicted molar refractivity (Wildman–Crippen MR) is 80.0 cm³/mol. The molecule has 2 amide bonds. The number of anilines is 1. The van der Waals surface area contributed by atoms with Gasteiger partial charge in [0.05, 0.1) is 6.61 Å². The topological polar surface area (TPSA) is 93.5 Å². The summed E-state index contributed by atoms with van der Waals surface area (Å²) in [6, 6.07) is 6.79. The fraction of sp³-hybridized carbons (Fsp3) is 0.467. The van der Waals surface area contributed by atoms with Crippen LogP contribution in [0, 0.1) is 0 Å². The van der Waals surface area contributed by atoms with Crippen molar-refractivity contribution in [1.29, 1.82) is 0 Å². The van der Waals surface area contributed by atoms with Gasteiger partial charge in [-0.15, -0.1) is 0 Å². The van der Waals surface area contributed by atoms with E-state index in [1.807, 2.05) is 13.8 Å². The van der Waals surface area contributed by atoms with Gasteiger partial charge in [-0.3, -0.25) is 9.59 Å². The van der Waals surface area contributed by atoms with E-state index < -0.39 is 5.54 Å². The molecule has 4 N–H and O–H groups in total. The van der Waals surface area contributed by atoms with E-state index in [9.17, 15) is 9.59 Å². The van der Waals surface area contributed by atoms with E-state index in [0.717, 1.165) is 0 Å². The highest BCUT2D eigenvalue weighted by atomic mass is 16.5. The largest absolute Gasteiger partial charge is 0.379 e. The lowest BCUT2D eigenvalue weighted by Crippen LogP contribution is -2.51. The first-order valence-corrected chi connectivity index (χ1v) is 7.00. The van der Waals surface area contributed by atoms with E-state index in [4.69, 9.17) is 10.5 Å². The molecule has 1 fully saturated rings. The van der Waals surface area contributed by atoms with Gasteiger partial charge in [-0.05, 0) is 44.5 Å². The number of nitrogens with two attached hydrogens (primary N) is 1. The average molecular weight is 291 g/mol. The third kappa shape index (κ3) is 3.80. The highest BCUT2D eigenvalue weighted by molar-refractivity contribution is 5.99. The van der Waals surface area contributed by atoms with Crippen LogP contribution < -0.4 is 16.4 Å². The molecule has 0 saturated carbocycles. The van der Waals surface area contributed by atoms with Crippen molar-refractivity contribution in [2.75, 3.05) is 18.5 Å². The summed E-state index contributed by atoms with van der Waals surface area (Å²) in [6.07, 6.45) is 0.508. The molecule has 1 aromatic carbocycles. The van der Waals surface area contributed by atoms with Crippen LogP contribution in [0.3, 0.4) is 0 Å². The molecule has 1 atom stereocenters. The Morgan fingerprint density at radius 2 is 1.95 bits per heavy atom. The summed E-state index contributed by atoms with van der Waals surface area (Å²) in [5, 5.41) is 5.56. The van der Waals surface area contributed by atoms with E-state index in [1.165, 1.54) is 0 Å². The molecule has 6 heteroatoms. The Balaban J connectivity index is 1.99. The molecule has 1 aromatic rings. The number of hydrogen-bond acceptors (Lipinski definition) is 4. The summed E-state index contributed by atoms with van der Waals surface area (Å²) in [6.45, 7) is 4.53. The van der Waals surface area contributed by atoms with E-state index >= 15 is 0 Å². The number of carbonyl (C=O) groups excluding carboxylic acids is 2. The Hall–Kier alpha value is -1.92. The fourth-order valence-corrected chi connectivity index (χ4v) is 2.07.